The molecule has 3 nitrogen and oxygen atoms in total. The molecule has 108 valence electrons. The van der Waals surface area contributed by atoms with Gasteiger partial charge in [0, 0.05) is 12.6 Å². The van der Waals surface area contributed by atoms with Crippen LogP contribution in [0.1, 0.15) is 16.7 Å². The maximum Gasteiger partial charge on any atom is 0.140 e. The highest BCUT2D eigenvalue weighted by Crippen LogP contribution is 2.10. The standard InChI is InChI=1S/C17H17FN2O/c18-17-7-6-14(8-15(17)10-19)11-20-16(12-21)9-13-4-2-1-3-5-13/h1-8,16,20-21H,9,11-12H2. The first-order chi connectivity index (χ1) is 10.2. The third kappa shape index (κ3) is 4.38. The largest absolute Gasteiger partial charge is 0.395 e. The molecule has 0 heterocycles. The minimum Gasteiger partial charge on any atom is -0.395 e. The first-order valence-corrected chi connectivity index (χ1v) is 6.79. The lowest BCUT2D eigenvalue weighted by molar-refractivity contribution is 0.241. The van der Waals surface area contributed by atoms with Crippen LogP contribution in [0, 0.1) is 17.1 Å². The molecule has 2 N–H and O–H groups in total. The molecule has 0 radical (unpaired) electrons. The van der Waals surface area contributed by atoms with Crippen molar-refractivity contribution in [3.05, 3.63) is 71.0 Å². The van der Waals surface area contributed by atoms with Gasteiger partial charge >= 0.3 is 0 Å². The van der Waals surface area contributed by atoms with Crippen molar-refractivity contribution >= 4 is 0 Å². The molecular weight excluding hydrogens is 267 g/mol. The Bertz CT molecular complexity index is 622. The average Bonchev–Trinajstić information content (AvgIpc) is 2.53. The summed E-state index contributed by atoms with van der Waals surface area (Å²) in [6.45, 7) is 0.494. The van der Waals surface area contributed by atoms with Crippen molar-refractivity contribution in [2.75, 3.05) is 6.61 Å². The van der Waals surface area contributed by atoms with Gasteiger partial charge in [0.2, 0.25) is 0 Å². The highest BCUT2D eigenvalue weighted by Gasteiger charge is 2.09. The summed E-state index contributed by atoms with van der Waals surface area (Å²) < 4.78 is 13.2. The normalized spacial score (nSPS) is 11.9. The summed E-state index contributed by atoms with van der Waals surface area (Å²) in [5.74, 6) is -0.510. The van der Waals surface area contributed by atoms with E-state index >= 15 is 0 Å². The molecule has 4 heteroatoms. The van der Waals surface area contributed by atoms with Crippen LogP contribution in [-0.4, -0.2) is 17.8 Å². The van der Waals surface area contributed by atoms with Crippen LogP contribution in [0.4, 0.5) is 4.39 Å². The molecule has 2 aromatic carbocycles. The highest BCUT2D eigenvalue weighted by atomic mass is 19.1. The fourth-order valence-electron chi connectivity index (χ4n) is 2.13. The van der Waals surface area contributed by atoms with E-state index in [1.54, 1.807) is 6.07 Å². The lowest BCUT2D eigenvalue weighted by Crippen LogP contribution is -2.34. The molecule has 1 unspecified atom stereocenters. The Hall–Kier alpha value is -2.22. The summed E-state index contributed by atoms with van der Waals surface area (Å²) in [7, 11) is 0. The third-order valence-corrected chi connectivity index (χ3v) is 3.29. The maximum absolute atomic E-state index is 13.2. The summed E-state index contributed by atoms with van der Waals surface area (Å²) in [6.07, 6.45) is 0.712. The van der Waals surface area contributed by atoms with E-state index in [9.17, 15) is 9.50 Å². The Labute approximate surface area is 123 Å². The molecule has 0 saturated heterocycles. The molecule has 2 rings (SSSR count). The Balaban J connectivity index is 1.96. The summed E-state index contributed by atoms with van der Waals surface area (Å²) in [4.78, 5) is 0. The van der Waals surface area contributed by atoms with Crippen LogP contribution >= 0.6 is 0 Å². The predicted molar refractivity (Wildman–Crippen MR) is 79.0 cm³/mol. The van der Waals surface area contributed by atoms with Gasteiger partial charge in [-0.15, -0.1) is 0 Å². The van der Waals surface area contributed by atoms with Gasteiger partial charge in [0.05, 0.1) is 12.2 Å². The summed E-state index contributed by atoms with van der Waals surface area (Å²) >= 11 is 0. The van der Waals surface area contributed by atoms with Crippen LogP contribution in [0.2, 0.25) is 0 Å². The van der Waals surface area contributed by atoms with Gasteiger partial charge < -0.3 is 10.4 Å². The summed E-state index contributed by atoms with van der Waals surface area (Å²) in [5, 5.41) is 21.5. The Kier molecular flexibility index (Phi) is 5.44. The topological polar surface area (TPSA) is 56.0 Å². The van der Waals surface area contributed by atoms with Gasteiger partial charge in [-0.2, -0.15) is 5.26 Å². The minimum absolute atomic E-state index is 0.0151. The maximum atomic E-state index is 13.2. The molecule has 0 aliphatic rings. The fourth-order valence-corrected chi connectivity index (χ4v) is 2.13. The van der Waals surface area contributed by atoms with Gasteiger partial charge in [0.15, 0.2) is 0 Å². The van der Waals surface area contributed by atoms with Gasteiger partial charge in [-0.25, -0.2) is 4.39 Å². The number of benzene rings is 2. The minimum atomic E-state index is -0.510. The van der Waals surface area contributed by atoms with E-state index in [1.807, 2.05) is 36.4 Å². The molecule has 21 heavy (non-hydrogen) atoms. The van der Waals surface area contributed by atoms with Crippen molar-refractivity contribution in [1.29, 1.82) is 5.26 Å². The van der Waals surface area contributed by atoms with Crippen LogP contribution in [-0.2, 0) is 13.0 Å². The molecule has 0 amide bonds. The number of aliphatic hydroxyl groups is 1. The first kappa shape index (κ1) is 15.2. The van der Waals surface area contributed by atoms with Crippen LogP contribution in [0.5, 0.6) is 0 Å². The van der Waals surface area contributed by atoms with Crippen molar-refractivity contribution in [3.63, 3.8) is 0 Å². The smallest absolute Gasteiger partial charge is 0.140 e. The van der Waals surface area contributed by atoms with E-state index in [1.165, 1.54) is 12.1 Å². The van der Waals surface area contributed by atoms with Crippen molar-refractivity contribution in [3.8, 4) is 6.07 Å². The number of aliphatic hydroxyl groups excluding tert-OH is 1. The monoisotopic (exact) mass is 284 g/mol. The second-order valence-corrected chi connectivity index (χ2v) is 4.88. The highest BCUT2D eigenvalue weighted by molar-refractivity contribution is 5.34. The van der Waals surface area contributed by atoms with Crippen molar-refractivity contribution < 1.29 is 9.50 Å². The number of halogens is 1. The van der Waals surface area contributed by atoms with Crippen molar-refractivity contribution in [1.82, 2.24) is 5.32 Å². The van der Waals surface area contributed by atoms with E-state index in [0.717, 1.165) is 11.1 Å². The molecule has 0 aliphatic carbocycles. The lowest BCUT2D eigenvalue weighted by Gasteiger charge is -2.16. The van der Waals surface area contributed by atoms with E-state index < -0.39 is 5.82 Å². The first-order valence-electron chi connectivity index (χ1n) is 6.79. The van der Waals surface area contributed by atoms with Crippen LogP contribution in [0.3, 0.4) is 0 Å². The van der Waals surface area contributed by atoms with E-state index in [0.29, 0.717) is 13.0 Å². The van der Waals surface area contributed by atoms with Crippen LogP contribution < -0.4 is 5.32 Å². The summed E-state index contributed by atoms with van der Waals surface area (Å²) in [5.41, 5.74) is 2.00. The second kappa shape index (κ2) is 7.53. The van der Waals surface area contributed by atoms with E-state index in [-0.39, 0.29) is 18.2 Å². The number of nitriles is 1. The van der Waals surface area contributed by atoms with E-state index in [4.69, 9.17) is 5.26 Å². The number of hydrogen-bond donors (Lipinski definition) is 2. The van der Waals surface area contributed by atoms with Gasteiger partial charge in [0.1, 0.15) is 11.9 Å². The molecule has 0 spiro atoms. The Morgan fingerprint density at radius 3 is 2.57 bits per heavy atom. The predicted octanol–water partition coefficient (Wildman–Crippen LogP) is 2.39. The zero-order valence-corrected chi connectivity index (χ0v) is 11.6. The lowest BCUT2D eigenvalue weighted by atomic mass is 10.1. The zero-order valence-electron chi connectivity index (χ0n) is 11.6. The van der Waals surface area contributed by atoms with E-state index in [2.05, 4.69) is 5.32 Å². The quantitative estimate of drug-likeness (QED) is 0.856. The Morgan fingerprint density at radius 2 is 1.90 bits per heavy atom. The molecule has 2 aromatic rings. The SMILES string of the molecule is N#Cc1cc(CNC(CO)Cc2ccccc2)ccc1F. The van der Waals surface area contributed by atoms with Crippen molar-refractivity contribution in [2.45, 2.75) is 19.0 Å². The average molecular weight is 284 g/mol. The molecule has 0 aliphatic heterocycles. The second-order valence-electron chi connectivity index (χ2n) is 4.88. The molecule has 0 bridgehead atoms. The third-order valence-electron chi connectivity index (χ3n) is 3.29. The summed E-state index contributed by atoms with van der Waals surface area (Å²) in [6, 6.07) is 16.1. The number of hydrogen-bond acceptors (Lipinski definition) is 3. The molecule has 0 fully saturated rings. The van der Waals surface area contributed by atoms with Gasteiger partial charge in [-0.1, -0.05) is 36.4 Å². The number of nitrogens with zero attached hydrogens (tertiary/aromatic N) is 1. The van der Waals surface area contributed by atoms with Gasteiger partial charge in [-0.3, -0.25) is 0 Å². The van der Waals surface area contributed by atoms with Crippen LogP contribution in [0.25, 0.3) is 0 Å². The Morgan fingerprint density at radius 1 is 1.14 bits per heavy atom. The number of rotatable bonds is 6. The molecular formula is C17H17FN2O. The zero-order chi connectivity index (χ0) is 15.1. The van der Waals surface area contributed by atoms with Crippen molar-refractivity contribution in [2.24, 2.45) is 0 Å². The molecule has 1 atom stereocenters. The van der Waals surface area contributed by atoms with Gasteiger partial charge in [-0.05, 0) is 29.7 Å². The van der Waals surface area contributed by atoms with Crippen LogP contribution in [0.15, 0.2) is 48.5 Å². The molecule has 0 aromatic heterocycles. The fraction of sp³-hybridized carbons (Fsp3) is 0.235. The number of nitrogens with one attached hydrogen (secondary N) is 1. The molecule has 0 saturated carbocycles. The van der Waals surface area contributed by atoms with Gasteiger partial charge in [0.25, 0.3) is 0 Å².